The van der Waals surface area contributed by atoms with E-state index >= 15 is 0 Å². The zero-order chi connectivity index (χ0) is 20.2. The molecule has 1 spiro atoms. The second-order valence-corrected chi connectivity index (χ2v) is 7.44. The minimum Gasteiger partial charge on any atom is -0.377 e. The molecule has 1 N–H and O–H groups in total. The summed E-state index contributed by atoms with van der Waals surface area (Å²) in [5.41, 5.74) is 0.527. The molecule has 0 aliphatic carbocycles. The number of para-hydroxylation sites is 1. The number of carbonyl (C=O) groups is 3. The van der Waals surface area contributed by atoms with Crippen LogP contribution in [0.1, 0.15) is 5.56 Å². The fourth-order valence-electron chi connectivity index (χ4n) is 4.59. The normalized spacial score (nSPS) is 26.2. The van der Waals surface area contributed by atoms with Gasteiger partial charge in [-0.2, -0.15) is 0 Å². The van der Waals surface area contributed by atoms with E-state index in [0.29, 0.717) is 13.2 Å². The van der Waals surface area contributed by atoms with Gasteiger partial charge in [-0.3, -0.25) is 14.9 Å². The predicted octanol–water partition coefficient (Wildman–Crippen LogP) is 1.86. The molecule has 5 rings (SSSR count). The van der Waals surface area contributed by atoms with Gasteiger partial charge in [0, 0.05) is 12.2 Å². The summed E-state index contributed by atoms with van der Waals surface area (Å²) in [7, 11) is 0. The standard InChI is InChI=1S/C21H18FN3O4/c22-14-5-7-15(8-6-14)25-19(27)21(18(26)23-20(25)28)11-13-3-1-2-4-16(13)24-9-10-29-12-17(21)24/h1-8,17H,9-12H2,(H,23,26,28)/t17-,21-/m1/s1. The maximum absolute atomic E-state index is 13.7. The number of fused-ring (bicyclic) bond motifs is 4. The molecule has 2 fully saturated rings. The highest BCUT2D eigenvalue weighted by Crippen LogP contribution is 2.45. The molecule has 2 saturated heterocycles. The van der Waals surface area contributed by atoms with Gasteiger partial charge in [0.15, 0.2) is 5.41 Å². The first-order valence-electron chi connectivity index (χ1n) is 9.40. The molecular weight excluding hydrogens is 377 g/mol. The number of urea groups is 1. The van der Waals surface area contributed by atoms with E-state index in [1.807, 2.05) is 29.2 Å². The lowest BCUT2D eigenvalue weighted by molar-refractivity contribution is -0.146. The Morgan fingerprint density at radius 2 is 1.83 bits per heavy atom. The number of anilines is 2. The van der Waals surface area contributed by atoms with Gasteiger partial charge >= 0.3 is 6.03 Å². The average Bonchev–Trinajstić information content (AvgIpc) is 2.73. The highest BCUT2D eigenvalue weighted by atomic mass is 19.1. The summed E-state index contributed by atoms with van der Waals surface area (Å²) < 4.78 is 19.0. The number of ether oxygens (including phenoxy) is 1. The summed E-state index contributed by atoms with van der Waals surface area (Å²) >= 11 is 0. The van der Waals surface area contributed by atoms with Crippen LogP contribution in [-0.4, -0.2) is 43.6 Å². The largest absolute Gasteiger partial charge is 0.377 e. The smallest absolute Gasteiger partial charge is 0.335 e. The molecule has 3 aliphatic heterocycles. The Morgan fingerprint density at radius 3 is 2.62 bits per heavy atom. The summed E-state index contributed by atoms with van der Waals surface area (Å²) in [6.07, 6.45) is 0.156. The van der Waals surface area contributed by atoms with E-state index in [1.54, 1.807) is 0 Å². The van der Waals surface area contributed by atoms with Crippen LogP contribution < -0.4 is 15.1 Å². The van der Waals surface area contributed by atoms with Gasteiger partial charge in [-0.25, -0.2) is 14.1 Å². The number of benzene rings is 2. The molecule has 0 saturated carbocycles. The number of morpholine rings is 1. The zero-order valence-corrected chi connectivity index (χ0v) is 15.4. The summed E-state index contributed by atoms with van der Waals surface area (Å²) in [5.74, 6) is -1.73. The molecular formula is C21H18FN3O4. The summed E-state index contributed by atoms with van der Waals surface area (Å²) in [5, 5.41) is 2.35. The van der Waals surface area contributed by atoms with Crippen molar-refractivity contribution >= 4 is 29.2 Å². The minimum atomic E-state index is -1.52. The van der Waals surface area contributed by atoms with Crippen LogP contribution in [0.3, 0.4) is 0 Å². The van der Waals surface area contributed by atoms with Crippen LogP contribution in [0.25, 0.3) is 0 Å². The van der Waals surface area contributed by atoms with Crippen LogP contribution in [-0.2, 0) is 20.7 Å². The van der Waals surface area contributed by atoms with Crippen LogP contribution in [0.4, 0.5) is 20.6 Å². The van der Waals surface area contributed by atoms with Crippen molar-refractivity contribution in [3.8, 4) is 0 Å². The van der Waals surface area contributed by atoms with Crippen LogP contribution >= 0.6 is 0 Å². The molecule has 8 heteroatoms. The van der Waals surface area contributed by atoms with Gasteiger partial charge in [0.05, 0.1) is 24.9 Å². The third-order valence-corrected chi connectivity index (χ3v) is 5.97. The average molecular weight is 395 g/mol. The monoisotopic (exact) mass is 395 g/mol. The number of imide groups is 2. The quantitative estimate of drug-likeness (QED) is 0.746. The third-order valence-electron chi connectivity index (χ3n) is 5.97. The molecule has 4 amide bonds. The number of hydrogen-bond donors (Lipinski definition) is 1. The maximum atomic E-state index is 13.7. The van der Waals surface area contributed by atoms with Gasteiger partial charge in [-0.1, -0.05) is 18.2 Å². The van der Waals surface area contributed by atoms with Gasteiger partial charge in [0.2, 0.25) is 5.91 Å². The molecule has 0 aromatic heterocycles. The summed E-state index contributed by atoms with van der Waals surface area (Å²) in [4.78, 5) is 42.4. The van der Waals surface area contributed by atoms with Gasteiger partial charge < -0.3 is 9.64 Å². The van der Waals surface area contributed by atoms with Crippen molar-refractivity contribution in [3.63, 3.8) is 0 Å². The second kappa shape index (κ2) is 6.38. The minimum absolute atomic E-state index is 0.156. The number of amides is 4. The number of hydrogen-bond acceptors (Lipinski definition) is 5. The molecule has 2 aromatic rings. The van der Waals surface area contributed by atoms with Gasteiger partial charge in [0.1, 0.15) is 5.82 Å². The maximum Gasteiger partial charge on any atom is 0.335 e. The van der Waals surface area contributed by atoms with Crippen molar-refractivity contribution in [2.75, 3.05) is 29.6 Å². The first kappa shape index (κ1) is 17.8. The van der Waals surface area contributed by atoms with Crippen LogP contribution in [0.2, 0.25) is 0 Å². The lowest BCUT2D eigenvalue weighted by Gasteiger charge is -2.53. The number of rotatable bonds is 1. The molecule has 2 aromatic carbocycles. The van der Waals surface area contributed by atoms with Gasteiger partial charge in [-0.05, 0) is 42.3 Å². The van der Waals surface area contributed by atoms with Gasteiger partial charge in [-0.15, -0.1) is 0 Å². The molecule has 7 nitrogen and oxygen atoms in total. The predicted molar refractivity (Wildman–Crippen MR) is 102 cm³/mol. The first-order chi connectivity index (χ1) is 14.0. The number of carbonyl (C=O) groups excluding carboxylic acids is 3. The molecule has 148 valence electrons. The SMILES string of the molecule is O=C1NC(=O)[C@]2(Cc3ccccc3N3CCOC[C@@H]32)C(=O)N1c1ccc(F)cc1. The Labute approximate surface area is 166 Å². The van der Waals surface area contributed by atoms with Crippen molar-refractivity contribution in [2.45, 2.75) is 12.5 Å². The third kappa shape index (κ3) is 2.49. The Balaban J connectivity index is 1.66. The molecule has 2 atom stereocenters. The van der Waals surface area contributed by atoms with Crippen molar-refractivity contribution in [3.05, 3.63) is 59.9 Å². The Bertz CT molecular complexity index is 1020. The van der Waals surface area contributed by atoms with Crippen molar-refractivity contribution < 1.29 is 23.5 Å². The Kier molecular flexibility index (Phi) is 3.92. The Morgan fingerprint density at radius 1 is 1.07 bits per heavy atom. The lowest BCUT2D eigenvalue weighted by atomic mass is 9.68. The number of nitrogens with one attached hydrogen (secondary N) is 1. The fourth-order valence-corrected chi connectivity index (χ4v) is 4.59. The first-order valence-corrected chi connectivity index (χ1v) is 9.40. The fraction of sp³-hybridized carbons (Fsp3) is 0.286. The molecule has 0 unspecified atom stereocenters. The van der Waals surface area contributed by atoms with Crippen molar-refractivity contribution in [1.82, 2.24) is 5.32 Å². The van der Waals surface area contributed by atoms with Crippen LogP contribution in [0.15, 0.2) is 48.5 Å². The molecule has 29 heavy (non-hydrogen) atoms. The molecule has 0 bridgehead atoms. The number of nitrogens with zero attached hydrogens (tertiary/aromatic N) is 2. The highest BCUT2D eigenvalue weighted by molar-refractivity contribution is 6.30. The van der Waals surface area contributed by atoms with E-state index in [-0.39, 0.29) is 18.7 Å². The number of halogens is 1. The van der Waals surface area contributed by atoms with Gasteiger partial charge in [0.25, 0.3) is 5.91 Å². The zero-order valence-electron chi connectivity index (χ0n) is 15.4. The van der Waals surface area contributed by atoms with E-state index in [4.69, 9.17) is 4.74 Å². The van der Waals surface area contributed by atoms with E-state index in [0.717, 1.165) is 16.2 Å². The topological polar surface area (TPSA) is 79.0 Å². The molecule has 3 heterocycles. The molecule has 0 radical (unpaired) electrons. The van der Waals surface area contributed by atoms with E-state index in [1.165, 1.54) is 24.3 Å². The summed E-state index contributed by atoms with van der Waals surface area (Å²) in [6, 6.07) is 11.3. The summed E-state index contributed by atoms with van der Waals surface area (Å²) in [6.45, 7) is 1.21. The highest BCUT2D eigenvalue weighted by Gasteiger charge is 2.62. The van der Waals surface area contributed by atoms with E-state index in [9.17, 15) is 18.8 Å². The van der Waals surface area contributed by atoms with E-state index < -0.39 is 35.1 Å². The van der Waals surface area contributed by atoms with Crippen molar-refractivity contribution in [2.24, 2.45) is 5.41 Å². The Hall–Kier alpha value is -3.26. The lowest BCUT2D eigenvalue weighted by Crippen LogP contribution is -2.74. The number of barbiturate groups is 1. The van der Waals surface area contributed by atoms with Crippen LogP contribution in [0, 0.1) is 11.2 Å². The van der Waals surface area contributed by atoms with Crippen molar-refractivity contribution in [1.29, 1.82) is 0 Å². The van der Waals surface area contributed by atoms with E-state index in [2.05, 4.69) is 5.32 Å². The van der Waals surface area contributed by atoms with Crippen LogP contribution in [0.5, 0.6) is 0 Å². The second-order valence-electron chi connectivity index (χ2n) is 7.44. The molecule has 3 aliphatic rings.